The summed E-state index contributed by atoms with van der Waals surface area (Å²) >= 11 is 0. The van der Waals surface area contributed by atoms with E-state index in [-0.39, 0.29) is 17.7 Å². The normalized spacial score (nSPS) is 14.8. The molecule has 0 aliphatic carbocycles. The molecule has 0 aromatic heterocycles. The van der Waals surface area contributed by atoms with Crippen molar-refractivity contribution in [1.82, 2.24) is 5.32 Å². The van der Waals surface area contributed by atoms with Crippen LogP contribution in [0.4, 0.5) is 11.4 Å². The average Bonchev–Trinajstić information content (AvgIpc) is 2.80. The largest absolute Gasteiger partial charge is 0.384 e. The summed E-state index contributed by atoms with van der Waals surface area (Å²) in [6, 6.07) is 13.5. The number of amides is 3. The summed E-state index contributed by atoms with van der Waals surface area (Å²) in [5.74, 6) is -1.21. The van der Waals surface area contributed by atoms with Gasteiger partial charge in [0.05, 0.1) is 6.04 Å². The van der Waals surface area contributed by atoms with E-state index in [4.69, 9.17) is 16.9 Å². The summed E-state index contributed by atoms with van der Waals surface area (Å²) in [6.07, 6.45) is 1.21. The van der Waals surface area contributed by atoms with E-state index in [0.29, 0.717) is 16.9 Å². The molecule has 1 fully saturated rings. The highest BCUT2D eigenvalue weighted by Gasteiger charge is 2.25. The van der Waals surface area contributed by atoms with Crippen LogP contribution in [0.2, 0.25) is 0 Å². The number of rotatable bonds is 8. The number of benzene rings is 2. The lowest BCUT2D eigenvalue weighted by molar-refractivity contribution is -0.126. The number of nitrogens with one attached hydrogen (secondary N) is 3. The lowest BCUT2D eigenvalue weighted by Gasteiger charge is -2.30. The Hall–Kier alpha value is -3.72. The molecule has 0 radical (unpaired) electrons. The van der Waals surface area contributed by atoms with Crippen molar-refractivity contribution in [2.45, 2.75) is 32.2 Å². The second-order valence-electron chi connectivity index (χ2n) is 8.18. The zero-order valence-corrected chi connectivity index (χ0v) is 18.6. The first-order valence-electron chi connectivity index (χ1n) is 10.9. The summed E-state index contributed by atoms with van der Waals surface area (Å²) in [6.45, 7) is 3.54. The van der Waals surface area contributed by atoms with Gasteiger partial charge in [-0.05, 0) is 74.8 Å². The highest BCUT2D eigenvalue weighted by molar-refractivity contribution is 6.05. The molecule has 33 heavy (non-hydrogen) atoms. The molecule has 1 saturated heterocycles. The second-order valence-corrected chi connectivity index (χ2v) is 8.18. The summed E-state index contributed by atoms with van der Waals surface area (Å²) in [7, 11) is 0. The van der Waals surface area contributed by atoms with E-state index >= 15 is 0 Å². The number of nitrogens with two attached hydrogens (primary N) is 2. The zero-order valence-electron chi connectivity index (χ0n) is 18.6. The Morgan fingerprint density at radius 2 is 1.67 bits per heavy atom. The molecule has 1 unspecified atom stereocenters. The molecule has 1 atom stereocenters. The number of primary amides is 1. The Bertz CT molecular complexity index is 1010. The van der Waals surface area contributed by atoms with Crippen LogP contribution in [0.1, 0.15) is 43.4 Å². The third-order valence-corrected chi connectivity index (χ3v) is 5.81. The monoisotopic (exact) mass is 450 g/mol. The van der Waals surface area contributed by atoms with Gasteiger partial charge in [-0.1, -0.05) is 12.1 Å². The topological polar surface area (TPSA) is 154 Å². The second kappa shape index (κ2) is 10.7. The van der Waals surface area contributed by atoms with Crippen molar-refractivity contribution in [3.8, 4) is 0 Å². The predicted molar refractivity (Wildman–Crippen MR) is 128 cm³/mol. The maximum absolute atomic E-state index is 12.9. The Morgan fingerprint density at radius 3 is 2.21 bits per heavy atom. The van der Waals surface area contributed by atoms with Gasteiger partial charge in [0.1, 0.15) is 12.3 Å². The number of piperidine rings is 1. The van der Waals surface area contributed by atoms with Crippen molar-refractivity contribution in [1.29, 1.82) is 5.41 Å². The molecular weight excluding hydrogens is 420 g/mol. The summed E-state index contributed by atoms with van der Waals surface area (Å²) in [5.41, 5.74) is 13.4. The fourth-order valence-electron chi connectivity index (χ4n) is 3.94. The minimum atomic E-state index is -0.714. The SMILES string of the molecule is CC(c1ccc(NC(=O)C2CCNCC2)cc1)N(C(=O)CC(N)=O)c1ccc(C(=N)N)cc1. The molecule has 0 spiro atoms. The number of anilines is 2. The van der Waals surface area contributed by atoms with Crippen LogP contribution in [0, 0.1) is 11.3 Å². The van der Waals surface area contributed by atoms with Crippen molar-refractivity contribution in [2.75, 3.05) is 23.3 Å². The molecule has 1 aliphatic heterocycles. The van der Waals surface area contributed by atoms with Gasteiger partial charge < -0.3 is 27.0 Å². The molecule has 174 valence electrons. The van der Waals surface area contributed by atoms with E-state index in [9.17, 15) is 14.4 Å². The lowest BCUT2D eigenvalue weighted by atomic mass is 9.97. The Balaban J connectivity index is 1.79. The number of hydrogen-bond donors (Lipinski definition) is 5. The van der Waals surface area contributed by atoms with Crippen molar-refractivity contribution < 1.29 is 14.4 Å². The van der Waals surface area contributed by atoms with E-state index in [0.717, 1.165) is 31.5 Å². The van der Waals surface area contributed by atoms with Gasteiger partial charge in [0.15, 0.2) is 0 Å². The Morgan fingerprint density at radius 1 is 1.06 bits per heavy atom. The Labute approximate surface area is 193 Å². The van der Waals surface area contributed by atoms with Crippen LogP contribution in [0.25, 0.3) is 0 Å². The maximum Gasteiger partial charge on any atom is 0.236 e. The van der Waals surface area contributed by atoms with E-state index in [1.54, 1.807) is 36.4 Å². The molecule has 2 aromatic rings. The van der Waals surface area contributed by atoms with Crippen LogP contribution in [0.5, 0.6) is 0 Å². The number of carbonyl (C=O) groups is 3. The average molecular weight is 451 g/mol. The Kier molecular flexibility index (Phi) is 7.78. The van der Waals surface area contributed by atoms with Crippen LogP contribution < -0.4 is 27.0 Å². The minimum absolute atomic E-state index is 0.00439. The van der Waals surface area contributed by atoms with Crippen molar-refractivity contribution in [2.24, 2.45) is 17.4 Å². The van der Waals surface area contributed by atoms with E-state index in [1.807, 2.05) is 19.1 Å². The quantitative estimate of drug-likeness (QED) is 0.236. The van der Waals surface area contributed by atoms with E-state index in [1.165, 1.54) is 4.90 Å². The maximum atomic E-state index is 12.9. The number of hydrogen-bond acceptors (Lipinski definition) is 5. The number of amidine groups is 1. The summed E-state index contributed by atoms with van der Waals surface area (Å²) < 4.78 is 0. The summed E-state index contributed by atoms with van der Waals surface area (Å²) in [4.78, 5) is 38.3. The first-order chi connectivity index (χ1) is 15.8. The van der Waals surface area contributed by atoms with Gasteiger partial charge in [-0.15, -0.1) is 0 Å². The molecule has 0 bridgehead atoms. The molecule has 9 heteroatoms. The smallest absolute Gasteiger partial charge is 0.236 e. The van der Waals surface area contributed by atoms with Gasteiger partial charge in [-0.2, -0.15) is 0 Å². The standard InChI is InChI=1S/C24H30N6O3/c1-15(16-2-6-19(7-3-16)29-24(33)18-10-12-28-13-11-18)30(22(32)14-21(25)31)20-8-4-17(5-9-20)23(26)27/h2-9,15,18,28H,10-14H2,1H3,(H2,25,31)(H3,26,27)(H,29,33). The fraction of sp³-hybridized carbons (Fsp3) is 0.333. The van der Waals surface area contributed by atoms with Crippen LogP contribution in [0.3, 0.4) is 0 Å². The minimum Gasteiger partial charge on any atom is -0.384 e. The molecule has 1 aliphatic rings. The number of nitrogen functional groups attached to an aromatic ring is 1. The molecule has 3 amide bonds. The predicted octanol–water partition coefficient (Wildman–Crippen LogP) is 1.88. The van der Waals surface area contributed by atoms with Gasteiger partial charge >= 0.3 is 0 Å². The molecule has 3 rings (SSSR count). The zero-order chi connectivity index (χ0) is 24.0. The highest BCUT2D eigenvalue weighted by Crippen LogP contribution is 2.29. The first-order valence-corrected chi connectivity index (χ1v) is 10.9. The highest BCUT2D eigenvalue weighted by atomic mass is 16.2. The number of nitrogens with zero attached hydrogens (tertiary/aromatic N) is 1. The van der Waals surface area contributed by atoms with E-state index in [2.05, 4.69) is 10.6 Å². The lowest BCUT2D eigenvalue weighted by Crippen LogP contribution is -2.36. The van der Waals surface area contributed by atoms with Crippen molar-refractivity contribution in [3.63, 3.8) is 0 Å². The van der Waals surface area contributed by atoms with Gasteiger partial charge in [-0.3, -0.25) is 19.8 Å². The molecule has 7 N–H and O–H groups in total. The molecule has 1 heterocycles. The van der Waals surface area contributed by atoms with Crippen molar-refractivity contribution in [3.05, 3.63) is 59.7 Å². The van der Waals surface area contributed by atoms with Gasteiger partial charge in [-0.25, -0.2) is 0 Å². The molecule has 9 nitrogen and oxygen atoms in total. The van der Waals surface area contributed by atoms with Crippen molar-refractivity contribution >= 4 is 34.9 Å². The van der Waals surface area contributed by atoms with Crippen LogP contribution in [-0.2, 0) is 14.4 Å². The van der Waals surface area contributed by atoms with Gasteiger partial charge in [0.25, 0.3) is 0 Å². The van der Waals surface area contributed by atoms with E-state index < -0.39 is 24.3 Å². The fourth-order valence-corrected chi connectivity index (χ4v) is 3.94. The molecule has 0 saturated carbocycles. The first kappa shape index (κ1) is 23.9. The van der Waals surface area contributed by atoms with Crippen LogP contribution >= 0.6 is 0 Å². The third kappa shape index (κ3) is 6.17. The van der Waals surface area contributed by atoms with Gasteiger partial charge in [0, 0.05) is 22.9 Å². The van der Waals surface area contributed by atoms with Crippen LogP contribution in [-0.4, -0.2) is 36.6 Å². The molecular formula is C24H30N6O3. The third-order valence-electron chi connectivity index (χ3n) is 5.81. The van der Waals surface area contributed by atoms with Crippen LogP contribution in [0.15, 0.2) is 48.5 Å². The number of carbonyl (C=O) groups excluding carboxylic acids is 3. The van der Waals surface area contributed by atoms with Gasteiger partial charge in [0.2, 0.25) is 17.7 Å². The molecule has 2 aromatic carbocycles. The summed E-state index contributed by atoms with van der Waals surface area (Å²) in [5, 5.41) is 13.8.